The highest BCUT2D eigenvalue weighted by Gasteiger charge is 2.25. The smallest absolute Gasteiger partial charge is 0.269 e. The first kappa shape index (κ1) is 28.6. The minimum absolute atomic E-state index is 0.0151. The Morgan fingerprint density at radius 3 is 2.41 bits per heavy atom. The number of carbonyl (C=O) groups excluding carboxylic acids is 1. The number of hydrogen-bond acceptors (Lipinski definition) is 9. The van der Waals surface area contributed by atoms with Gasteiger partial charge in [0.15, 0.2) is 17.0 Å². The van der Waals surface area contributed by atoms with E-state index in [9.17, 15) is 14.9 Å². The minimum atomic E-state index is -0.413. The third-order valence-electron chi connectivity index (χ3n) is 7.74. The first-order chi connectivity index (χ1) is 21.4. The zero-order valence-electron chi connectivity index (χ0n) is 24.5. The Hall–Kier alpha value is -5.52. The van der Waals surface area contributed by atoms with Gasteiger partial charge in [-0.3, -0.25) is 14.9 Å². The molecule has 0 bridgehead atoms. The number of nitrogens with one attached hydrogen (secondary N) is 1. The summed E-state index contributed by atoms with van der Waals surface area (Å²) in [5.74, 6) is 1.90. The van der Waals surface area contributed by atoms with Crippen molar-refractivity contribution >= 4 is 34.5 Å². The molecule has 1 saturated heterocycles. The van der Waals surface area contributed by atoms with Gasteiger partial charge in [0.05, 0.1) is 24.9 Å². The molecule has 1 amide bonds. The van der Waals surface area contributed by atoms with Crippen LogP contribution in [0.25, 0.3) is 11.2 Å². The number of fused-ring (bicyclic) bond motifs is 1. The summed E-state index contributed by atoms with van der Waals surface area (Å²) in [4.78, 5) is 42.2. The van der Waals surface area contributed by atoms with Crippen LogP contribution in [0.15, 0.2) is 79.1 Å². The van der Waals surface area contributed by atoms with Crippen molar-refractivity contribution in [2.24, 2.45) is 0 Å². The number of para-hydroxylation sites is 1. The maximum absolute atomic E-state index is 13.1. The van der Waals surface area contributed by atoms with E-state index < -0.39 is 4.92 Å². The molecule has 0 aliphatic carbocycles. The Bertz CT molecular complexity index is 1800. The van der Waals surface area contributed by atoms with Crippen LogP contribution >= 0.6 is 0 Å². The van der Waals surface area contributed by atoms with Gasteiger partial charge in [-0.1, -0.05) is 48.0 Å². The molecule has 6 rings (SSSR count). The number of ether oxygens (including phenoxy) is 1. The van der Waals surface area contributed by atoms with Crippen molar-refractivity contribution in [1.29, 1.82) is 0 Å². The SMILES string of the molecule is COc1ccccc1CNc1nc(N2CCN(C(=O)c3ccc(C)cc3)CC2)nc2c1ncn2Cc1ccc([N+](=O)[O-])cc1. The number of piperazine rings is 1. The summed E-state index contributed by atoms with van der Waals surface area (Å²) >= 11 is 0. The Kier molecular flexibility index (Phi) is 8.04. The predicted octanol–water partition coefficient (Wildman–Crippen LogP) is 4.67. The monoisotopic (exact) mass is 592 g/mol. The van der Waals surface area contributed by atoms with Gasteiger partial charge in [-0.05, 0) is 30.7 Å². The molecule has 1 aliphatic heterocycles. The lowest BCUT2D eigenvalue weighted by molar-refractivity contribution is -0.384. The third-order valence-corrected chi connectivity index (χ3v) is 7.74. The first-order valence-electron chi connectivity index (χ1n) is 14.3. The quantitative estimate of drug-likeness (QED) is 0.192. The lowest BCUT2D eigenvalue weighted by Gasteiger charge is -2.35. The summed E-state index contributed by atoms with van der Waals surface area (Å²) < 4.78 is 7.44. The van der Waals surface area contributed by atoms with Crippen LogP contribution in [0.2, 0.25) is 0 Å². The average molecular weight is 593 g/mol. The highest BCUT2D eigenvalue weighted by molar-refractivity contribution is 5.94. The summed E-state index contributed by atoms with van der Waals surface area (Å²) in [6, 6.07) is 21.9. The highest BCUT2D eigenvalue weighted by atomic mass is 16.6. The second kappa shape index (κ2) is 12.4. The number of hydrogen-bond donors (Lipinski definition) is 1. The number of amides is 1. The maximum Gasteiger partial charge on any atom is 0.269 e. The van der Waals surface area contributed by atoms with Crippen LogP contribution in [0.3, 0.4) is 0 Å². The number of carbonyl (C=O) groups is 1. The topological polar surface area (TPSA) is 132 Å². The number of imidazole rings is 1. The molecule has 1 N–H and O–H groups in total. The fraction of sp³-hybridized carbons (Fsp3) is 0.250. The predicted molar refractivity (Wildman–Crippen MR) is 167 cm³/mol. The van der Waals surface area contributed by atoms with Crippen LogP contribution in [0, 0.1) is 17.0 Å². The standard InChI is InChI=1S/C32H32N8O4/c1-22-7-11-24(12-8-22)31(41)37-15-17-38(18-16-37)32-35-29(33-19-25-5-3-4-6-27(25)44-2)28-30(36-32)39(21-34-28)20-23-9-13-26(14-10-23)40(42)43/h3-14,21H,15-20H2,1-2H3,(H,33,35,36). The summed E-state index contributed by atoms with van der Waals surface area (Å²) in [7, 11) is 1.64. The van der Waals surface area contributed by atoms with Gasteiger partial charge in [-0.15, -0.1) is 0 Å². The largest absolute Gasteiger partial charge is 0.496 e. The average Bonchev–Trinajstić information content (AvgIpc) is 3.46. The Balaban J connectivity index is 1.27. The lowest BCUT2D eigenvalue weighted by atomic mass is 10.1. The van der Waals surface area contributed by atoms with E-state index in [0.717, 1.165) is 22.4 Å². The molecule has 3 aromatic carbocycles. The van der Waals surface area contributed by atoms with Crippen molar-refractivity contribution in [3.8, 4) is 5.75 Å². The number of non-ortho nitro benzene ring substituents is 1. The van der Waals surface area contributed by atoms with Crippen LogP contribution in [-0.2, 0) is 13.1 Å². The molecule has 2 aromatic heterocycles. The van der Waals surface area contributed by atoms with Gasteiger partial charge in [-0.2, -0.15) is 9.97 Å². The Morgan fingerprint density at radius 1 is 0.977 bits per heavy atom. The van der Waals surface area contributed by atoms with E-state index in [0.29, 0.717) is 67.8 Å². The molecule has 224 valence electrons. The Morgan fingerprint density at radius 2 is 1.70 bits per heavy atom. The van der Waals surface area contributed by atoms with Crippen LogP contribution in [0.4, 0.5) is 17.5 Å². The van der Waals surface area contributed by atoms with Gasteiger partial charge in [0, 0.05) is 56.0 Å². The zero-order chi connectivity index (χ0) is 30.6. The third kappa shape index (κ3) is 6.00. The molecule has 12 nitrogen and oxygen atoms in total. The zero-order valence-corrected chi connectivity index (χ0v) is 24.5. The van der Waals surface area contributed by atoms with E-state index in [2.05, 4.69) is 15.2 Å². The molecule has 0 unspecified atom stereocenters. The van der Waals surface area contributed by atoms with Gasteiger partial charge in [0.2, 0.25) is 5.95 Å². The number of nitro groups is 1. The van der Waals surface area contributed by atoms with Crippen molar-refractivity contribution in [3.63, 3.8) is 0 Å². The Labute approximate surface area is 254 Å². The number of aryl methyl sites for hydroxylation is 1. The summed E-state index contributed by atoms with van der Waals surface area (Å²) in [5, 5.41) is 14.5. The van der Waals surface area contributed by atoms with Crippen molar-refractivity contribution in [3.05, 3.63) is 111 Å². The number of nitrogens with zero attached hydrogens (tertiary/aromatic N) is 7. The molecular formula is C32H32N8O4. The lowest BCUT2D eigenvalue weighted by Crippen LogP contribution is -2.49. The van der Waals surface area contributed by atoms with Crippen molar-refractivity contribution < 1.29 is 14.5 Å². The van der Waals surface area contributed by atoms with Gasteiger partial charge >= 0.3 is 0 Å². The summed E-state index contributed by atoms with van der Waals surface area (Å²) in [5.41, 5.74) is 4.92. The van der Waals surface area contributed by atoms with E-state index in [1.165, 1.54) is 12.1 Å². The van der Waals surface area contributed by atoms with E-state index in [-0.39, 0.29) is 11.6 Å². The molecule has 3 heterocycles. The van der Waals surface area contributed by atoms with Gasteiger partial charge in [0.25, 0.3) is 11.6 Å². The van der Waals surface area contributed by atoms with Crippen LogP contribution in [-0.4, -0.2) is 68.5 Å². The number of methoxy groups -OCH3 is 1. The van der Waals surface area contributed by atoms with Crippen molar-refractivity contribution in [2.45, 2.75) is 20.0 Å². The molecule has 12 heteroatoms. The van der Waals surface area contributed by atoms with Crippen LogP contribution < -0.4 is 15.0 Å². The second-order valence-electron chi connectivity index (χ2n) is 10.7. The number of aromatic nitrogens is 4. The number of nitro benzene ring substituents is 1. The molecule has 1 aliphatic rings. The molecule has 44 heavy (non-hydrogen) atoms. The minimum Gasteiger partial charge on any atom is -0.496 e. The van der Waals surface area contributed by atoms with Crippen molar-refractivity contribution in [2.75, 3.05) is 43.5 Å². The molecule has 1 fully saturated rings. The van der Waals surface area contributed by atoms with E-state index in [4.69, 9.17) is 14.7 Å². The van der Waals surface area contributed by atoms with Gasteiger partial charge in [-0.25, -0.2) is 4.98 Å². The van der Waals surface area contributed by atoms with E-state index in [1.807, 2.05) is 64.9 Å². The number of anilines is 2. The van der Waals surface area contributed by atoms with Gasteiger partial charge in [0.1, 0.15) is 5.75 Å². The van der Waals surface area contributed by atoms with Crippen LogP contribution in [0.1, 0.15) is 27.0 Å². The molecule has 0 spiro atoms. The number of rotatable bonds is 9. The maximum atomic E-state index is 13.1. The fourth-order valence-corrected chi connectivity index (χ4v) is 5.25. The molecular weight excluding hydrogens is 560 g/mol. The molecule has 5 aromatic rings. The summed E-state index contributed by atoms with van der Waals surface area (Å²) in [6.07, 6.45) is 1.71. The fourth-order valence-electron chi connectivity index (χ4n) is 5.25. The number of benzene rings is 3. The molecule has 0 saturated carbocycles. The van der Waals surface area contributed by atoms with E-state index in [1.54, 1.807) is 25.6 Å². The normalized spacial score (nSPS) is 13.2. The second-order valence-corrected chi connectivity index (χ2v) is 10.7. The van der Waals surface area contributed by atoms with Crippen LogP contribution in [0.5, 0.6) is 5.75 Å². The first-order valence-corrected chi connectivity index (χ1v) is 14.3. The molecule has 0 radical (unpaired) electrons. The highest BCUT2D eigenvalue weighted by Crippen LogP contribution is 2.26. The van der Waals surface area contributed by atoms with Crippen molar-refractivity contribution in [1.82, 2.24) is 24.4 Å². The summed E-state index contributed by atoms with van der Waals surface area (Å²) in [6.45, 7) is 5.12. The molecule has 0 atom stereocenters. The van der Waals surface area contributed by atoms with E-state index >= 15 is 0 Å². The van der Waals surface area contributed by atoms with Gasteiger partial charge < -0.3 is 24.4 Å².